The normalized spacial score (nSPS) is 10.8. The number of anilines is 2. The molecule has 0 aliphatic rings. The number of carbonyl (C=O) groups is 2. The van der Waals surface area contributed by atoms with Gasteiger partial charge in [-0.3, -0.25) is 9.59 Å². The van der Waals surface area contributed by atoms with Crippen molar-refractivity contribution in [1.29, 1.82) is 0 Å². The van der Waals surface area contributed by atoms with Crippen LogP contribution in [0.5, 0.6) is 0 Å². The molecule has 2 aromatic carbocycles. The van der Waals surface area contributed by atoms with Crippen LogP contribution in [0.2, 0.25) is 5.02 Å². The Bertz CT molecular complexity index is 1150. The third-order valence-electron chi connectivity index (χ3n) is 4.76. The lowest BCUT2D eigenvalue weighted by molar-refractivity contribution is -0.116. The molecule has 168 valence electrons. The number of amides is 2. The van der Waals surface area contributed by atoms with Crippen LogP contribution in [0.1, 0.15) is 23.9 Å². The number of aromatic nitrogens is 3. The Hall–Kier alpha value is -2.91. The topological polar surface area (TPSA) is 88.9 Å². The zero-order valence-corrected chi connectivity index (χ0v) is 19.5. The molecule has 10 heteroatoms. The van der Waals surface area contributed by atoms with Gasteiger partial charge in [0.1, 0.15) is 11.6 Å². The van der Waals surface area contributed by atoms with E-state index in [9.17, 15) is 14.0 Å². The van der Waals surface area contributed by atoms with Crippen LogP contribution in [0.3, 0.4) is 0 Å². The number of aryl methyl sites for hydroxylation is 2. The van der Waals surface area contributed by atoms with Crippen molar-refractivity contribution in [3.05, 3.63) is 64.2 Å². The number of hydrogen-bond acceptors (Lipinski definition) is 5. The van der Waals surface area contributed by atoms with Crippen molar-refractivity contribution >= 4 is 46.6 Å². The smallest absolute Gasteiger partial charge is 0.234 e. The van der Waals surface area contributed by atoms with Gasteiger partial charge in [-0.1, -0.05) is 29.4 Å². The molecule has 0 spiro atoms. The first kappa shape index (κ1) is 23.7. The first-order valence-electron chi connectivity index (χ1n) is 9.93. The molecule has 0 bridgehead atoms. The van der Waals surface area contributed by atoms with Crippen LogP contribution in [0, 0.1) is 19.7 Å². The number of nitrogens with one attached hydrogen (secondary N) is 2. The molecule has 3 aromatic rings. The van der Waals surface area contributed by atoms with Crippen molar-refractivity contribution in [3.63, 3.8) is 0 Å². The minimum absolute atomic E-state index is 0.00897. The van der Waals surface area contributed by atoms with E-state index in [0.717, 1.165) is 34.6 Å². The van der Waals surface area contributed by atoms with Crippen molar-refractivity contribution in [3.8, 4) is 0 Å². The lowest BCUT2D eigenvalue weighted by atomic mass is 10.1. The van der Waals surface area contributed by atoms with Gasteiger partial charge in [-0.05, 0) is 62.2 Å². The maximum Gasteiger partial charge on any atom is 0.234 e. The third kappa shape index (κ3) is 6.08. The molecule has 32 heavy (non-hydrogen) atoms. The molecule has 1 aromatic heterocycles. The van der Waals surface area contributed by atoms with Gasteiger partial charge >= 0.3 is 0 Å². The largest absolute Gasteiger partial charge is 0.326 e. The van der Waals surface area contributed by atoms with Gasteiger partial charge in [0.25, 0.3) is 0 Å². The third-order valence-corrected chi connectivity index (χ3v) is 5.96. The molecule has 0 aliphatic carbocycles. The number of carbonyl (C=O) groups excluding carboxylic acids is 2. The summed E-state index contributed by atoms with van der Waals surface area (Å²) in [5.41, 5.74) is 3.02. The fourth-order valence-corrected chi connectivity index (χ4v) is 3.93. The summed E-state index contributed by atoms with van der Waals surface area (Å²) in [6.07, 6.45) is 0.0521. The van der Waals surface area contributed by atoms with E-state index < -0.39 is 11.7 Å². The molecular weight excluding hydrogens is 453 g/mol. The molecule has 0 aliphatic heterocycles. The van der Waals surface area contributed by atoms with Crippen LogP contribution < -0.4 is 10.6 Å². The molecule has 0 saturated heterocycles. The SMILES string of the molecule is CCn1c(CC(=O)Nc2ccc(C)c(C)c2)nnc1SCC(=O)Nc1ccc(Cl)cc1F. The summed E-state index contributed by atoms with van der Waals surface area (Å²) in [6, 6.07) is 9.76. The second kappa shape index (κ2) is 10.6. The van der Waals surface area contributed by atoms with Crippen LogP contribution in [-0.2, 0) is 22.6 Å². The Balaban J connectivity index is 1.59. The number of rotatable bonds is 8. The van der Waals surface area contributed by atoms with E-state index in [0.29, 0.717) is 17.5 Å². The number of halogens is 2. The number of hydrogen-bond donors (Lipinski definition) is 2. The van der Waals surface area contributed by atoms with E-state index in [1.54, 1.807) is 4.57 Å². The first-order valence-corrected chi connectivity index (χ1v) is 11.3. The molecule has 0 fully saturated rings. The van der Waals surface area contributed by atoms with E-state index in [1.165, 1.54) is 12.1 Å². The van der Waals surface area contributed by atoms with E-state index in [4.69, 9.17) is 11.6 Å². The van der Waals surface area contributed by atoms with Crippen LogP contribution in [0.25, 0.3) is 0 Å². The number of nitrogens with zero attached hydrogens (tertiary/aromatic N) is 3. The quantitative estimate of drug-likeness (QED) is 0.464. The Morgan fingerprint density at radius 2 is 1.84 bits per heavy atom. The summed E-state index contributed by atoms with van der Waals surface area (Å²) in [7, 11) is 0. The first-order chi connectivity index (χ1) is 15.3. The zero-order chi connectivity index (χ0) is 23.3. The molecule has 0 unspecified atom stereocenters. The Kier molecular flexibility index (Phi) is 7.87. The second-order valence-corrected chi connectivity index (χ2v) is 8.51. The lowest BCUT2D eigenvalue weighted by Gasteiger charge is -2.09. The zero-order valence-electron chi connectivity index (χ0n) is 17.9. The maximum atomic E-state index is 13.8. The van der Waals surface area contributed by atoms with Gasteiger partial charge in [-0.15, -0.1) is 10.2 Å². The van der Waals surface area contributed by atoms with Gasteiger partial charge in [0.15, 0.2) is 5.16 Å². The van der Waals surface area contributed by atoms with Crippen LogP contribution in [0.15, 0.2) is 41.6 Å². The van der Waals surface area contributed by atoms with Gasteiger partial charge in [0.05, 0.1) is 17.9 Å². The highest BCUT2D eigenvalue weighted by molar-refractivity contribution is 7.99. The highest BCUT2D eigenvalue weighted by atomic mass is 35.5. The fraction of sp³-hybridized carbons (Fsp3) is 0.273. The van der Waals surface area contributed by atoms with Crippen molar-refractivity contribution in [1.82, 2.24) is 14.8 Å². The second-order valence-electron chi connectivity index (χ2n) is 7.13. The molecule has 2 N–H and O–H groups in total. The molecule has 2 amide bonds. The summed E-state index contributed by atoms with van der Waals surface area (Å²) in [6.45, 7) is 6.44. The maximum absolute atomic E-state index is 13.8. The van der Waals surface area contributed by atoms with Gasteiger partial charge in [-0.25, -0.2) is 4.39 Å². The van der Waals surface area contributed by atoms with E-state index >= 15 is 0 Å². The molecule has 0 saturated carbocycles. The molecule has 3 rings (SSSR count). The number of benzene rings is 2. The van der Waals surface area contributed by atoms with E-state index in [-0.39, 0.29) is 28.8 Å². The van der Waals surface area contributed by atoms with Crippen molar-refractivity contribution in [2.75, 3.05) is 16.4 Å². The average Bonchev–Trinajstić information content (AvgIpc) is 3.12. The van der Waals surface area contributed by atoms with E-state index in [1.807, 2.05) is 39.0 Å². The fourth-order valence-electron chi connectivity index (χ4n) is 2.95. The van der Waals surface area contributed by atoms with Gasteiger partial charge in [0.2, 0.25) is 11.8 Å². The molecular formula is C22H23ClFN5O2S. The van der Waals surface area contributed by atoms with Crippen LogP contribution >= 0.6 is 23.4 Å². The minimum Gasteiger partial charge on any atom is -0.326 e. The highest BCUT2D eigenvalue weighted by Gasteiger charge is 2.17. The van der Waals surface area contributed by atoms with Gasteiger partial charge in [-0.2, -0.15) is 0 Å². The summed E-state index contributed by atoms with van der Waals surface area (Å²) in [5.74, 6) is -0.696. The summed E-state index contributed by atoms with van der Waals surface area (Å²) in [5, 5.41) is 14.3. The molecule has 7 nitrogen and oxygen atoms in total. The predicted molar refractivity (Wildman–Crippen MR) is 125 cm³/mol. The Morgan fingerprint density at radius 3 is 2.53 bits per heavy atom. The monoisotopic (exact) mass is 475 g/mol. The molecule has 0 atom stereocenters. The van der Waals surface area contributed by atoms with E-state index in [2.05, 4.69) is 20.8 Å². The Labute approximate surface area is 194 Å². The standard InChI is InChI=1S/C22H23ClFN5O2S/c1-4-29-19(11-20(30)25-16-7-5-13(2)14(3)9-16)27-28-22(29)32-12-21(31)26-18-8-6-15(23)10-17(18)24/h5-10H,4,11-12H2,1-3H3,(H,25,30)(H,26,31). The van der Waals surface area contributed by atoms with Crippen LogP contribution in [0.4, 0.5) is 15.8 Å². The van der Waals surface area contributed by atoms with Crippen molar-refractivity contribution < 1.29 is 14.0 Å². The lowest BCUT2D eigenvalue weighted by Crippen LogP contribution is -2.18. The molecule has 1 heterocycles. The molecule has 0 radical (unpaired) electrons. The minimum atomic E-state index is -0.607. The predicted octanol–water partition coefficient (Wildman–Crippen LogP) is 4.62. The summed E-state index contributed by atoms with van der Waals surface area (Å²) < 4.78 is 15.6. The van der Waals surface area contributed by atoms with Gasteiger partial charge in [0, 0.05) is 17.3 Å². The Morgan fingerprint density at radius 1 is 1.06 bits per heavy atom. The van der Waals surface area contributed by atoms with Gasteiger partial charge < -0.3 is 15.2 Å². The van der Waals surface area contributed by atoms with Crippen molar-refractivity contribution in [2.24, 2.45) is 0 Å². The summed E-state index contributed by atoms with van der Waals surface area (Å²) in [4.78, 5) is 24.7. The average molecular weight is 476 g/mol. The highest BCUT2D eigenvalue weighted by Crippen LogP contribution is 2.21. The number of thioether (sulfide) groups is 1. The van der Waals surface area contributed by atoms with Crippen LogP contribution in [-0.4, -0.2) is 32.3 Å². The summed E-state index contributed by atoms with van der Waals surface area (Å²) >= 11 is 6.88. The van der Waals surface area contributed by atoms with Crippen molar-refractivity contribution in [2.45, 2.75) is 38.9 Å².